The Hall–Kier alpha value is -0.610. The maximum absolute atomic E-state index is 10.8. The van der Waals surface area contributed by atoms with Crippen molar-refractivity contribution in [3.8, 4) is 0 Å². The molecule has 1 saturated heterocycles. The van der Waals surface area contributed by atoms with Crippen molar-refractivity contribution in [3.63, 3.8) is 0 Å². The van der Waals surface area contributed by atoms with E-state index in [0.717, 1.165) is 25.9 Å². The van der Waals surface area contributed by atoms with Gasteiger partial charge in [-0.15, -0.1) is 0 Å². The number of carboxylic acids is 1. The van der Waals surface area contributed by atoms with Gasteiger partial charge in [0, 0.05) is 13.1 Å². The van der Waals surface area contributed by atoms with Crippen LogP contribution < -0.4 is 5.73 Å². The van der Waals surface area contributed by atoms with Gasteiger partial charge in [0.2, 0.25) is 0 Å². The molecule has 4 nitrogen and oxygen atoms in total. The molecule has 0 spiro atoms. The van der Waals surface area contributed by atoms with E-state index in [-0.39, 0.29) is 0 Å². The summed E-state index contributed by atoms with van der Waals surface area (Å²) < 4.78 is 0. The molecular weight excluding hydrogens is 156 g/mol. The van der Waals surface area contributed by atoms with E-state index < -0.39 is 11.6 Å². The van der Waals surface area contributed by atoms with E-state index in [9.17, 15) is 4.79 Å². The van der Waals surface area contributed by atoms with Crippen LogP contribution in [0, 0.1) is 0 Å². The SMILES string of the molecule is CC(N)(C(=O)O)N1CCCCC1. The zero-order chi connectivity index (χ0) is 9.19. The summed E-state index contributed by atoms with van der Waals surface area (Å²) in [6, 6.07) is 0. The zero-order valence-electron chi connectivity index (χ0n) is 7.42. The maximum Gasteiger partial charge on any atom is 0.338 e. The molecule has 0 saturated carbocycles. The van der Waals surface area contributed by atoms with E-state index >= 15 is 0 Å². The van der Waals surface area contributed by atoms with Crippen molar-refractivity contribution in [1.82, 2.24) is 4.90 Å². The summed E-state index contributed by atoms with van der Waals surface area (Å²) in [6.45, 7) is 3.17. The van der Waals surface area contributed by atoms with E-state index in [1.54, 1.807) is 6.92 Å². The van der Waals surface area contributed by atoms with Crippen molar-refractivity contribution < 1.29 is 9.90 Å². The summed E-state index contributed by atoms with van der Waals surface area (Å²) in [7, 11) is 0. The van der Waals surface area contributed by atoms with Gasteiger partial charge in [0.15, 0.2) is 5.66 Å². The quantitative estimate of drug-likeness (QED) is 0.625. The molecule has 0 radical (unpaired) electrons. The third-order valence-electron chi connectivity index (χ3n) is 2.45. The summed E-state index contributed by atoms with van der Waals surface area (Å²) in [5.74, 6) is -0.940. The standard InChI is InChI=1S/C8H16N2O2/c1-8(9,7(11)12)10-5-3-2-4-6-10/h2-6,9H2,1H3,(H,11,12). The van der Waals surface area contributed by atoms with E-state index in [1.807, 2.05) is 4.90 Å². The molecule has 0 bridgehead atoms. The molecule has 1 fully saturated rings. The fourth-order valence-electron chi connectivity index (χ4n) is 1.49. The molecule has 3 N–H and O–H groups in total. The smallest absolute Gasteiger partial charge is 0.338 e. The highest BCUT2D eigenvalue weighted by atomic mass is 16.4. The van der Waals surface area contributed by atoms with Gasteiger partial charge in [-0.2, -0.15) is 0 Å². The summed E-state index contributed by atoms with van der Waals surface area (Å²) in [5, 5.41) is 8.83. The lowest BCUT2D eigenvalue weighted by molar-refractivity contribution is -0.150. The Kier molecular flexibility index (Phi) is 2.69. The molecule has 1 rings (SSSR count). The van der Waals surface area contributed by atoms with Crippen LogP contribution in [-0.4, -0.2) is 34.7 Å². The van der Waals surface area contributed by atoms with E-state index in [0.29, 0.717) is 0 Å². The number of nitrogens with zero attached hydrogens (tertiary/aromatic N) is 1. The summed E-state index contributed by atoms with van der Waals surface area (Å²) >= 11 is 0. The van der Waals surface area contributed by atoms with Crippen molar-refractivity contribution in [1.29, 1.82) is 0 Å². The van der Waals surface area contributed by atoms with E-state index in [1.165, 1.54) is 6.42 Å². The third-order valence-corrected chi connectivity index (χ3v) is 2.45. The molecule has 1 heterocycles. The molecule has 1 aliphatic rings. The summed E-state index contributed by atoms with van der Waals surface area (Å²) in [6.07, 6.45) is 3.30. The van der Waals surface area contributed by atoms with Crippen LogP contribution in [0.4, 0.5) is 0 Å². The predicted molar refractivity (Wildman–Crippen MR) is 45.7 cm³/mol. The average Bonchev–Trinajstić information content (AvgIpc) is 2.06. The van der Waals surface area contributed by atoms with Crippen LogP contribution in [0.15, 0.2) is 0 Å². The number of rotatable bonds is 2. The monoisotopic (exact) mass is 172 g/mol. The van der Waals surface area contributed by atoms with E-state index in [2.05, 4.69) is 0 Å². The molecule has 4 heteroatoms. The van der Waals surface area contributed by atoms with Gasteiger partial charge in [0.1, 0.15) is 0 Å². The molecule has 12 heavy (non-hydrogen) atoms. The van der Waals surface area contributed by atoms with Crippen molar-refractivity contribution in [2.45, 2.75) is 31.8 Å². The van der Waals surface area contributed by atoms with Crippen LogP contribution in [-0.2, 0) is 4.79 Å². The van der Waals surface area contributed by atoms with Gasteiger partial charge in [-0.3, -0.25) is 4.90 Å². The summed E-state index contributed by atoms with van der Waals surface area (Å²) in [5.41, 5.74) is 4.48. The van der Waals surface area contributed by atoms with Crippen LogP contribution in [0.2, 0.25) is 0 Å². The first kappa shape index (κ1) is 9.48. The number of aliphatic carboxylic acids is 1. The minimum Gasteiger partial charge on any atom is -0.479 e. The van der Waals surface area contributed by atoms with Crippen LogP contribution in [0.1, 0.15) is 26.2 Å². The van der Waals surface area contributed by atoms with Crippen molar-refractivity contribution in [2.24, 2.45) is 5.73 Å². The predicted octanol–water partition coefficient (Wildman–Crippen LogP) is 0.232. The number of hydrogen-bond acceptors (Lipinski definition) is 3. The van der Waals surface area contributed by atoms with Gasteiger partial charge in [-0.25, -0.2) is 4.79 Å². The van der Waals surface area contributed by atoms with Crippen LogP contribution in [0.25, 0.3) is 0 Å². The molecular formula is C8H16N2O2. The molecule has 0 aromatic rings. The Morgan fingerprint density at radius 3 is 2.33 bits per heavy atom. The minimum absolute atomic E-state index is 0.805. The van der Waals surface area contributed by atoms with Gasteiger partial charge in [-0.1, -0.05) is 6.42 Å². The Morgan fingerprint density at radius 1 is 1.42 bits per heavy atom. The van der Waals surface area contributed by atoms with Gasteiger partial charge in [-0.05, 0) is 19.8 Å². The molecule has 1 unspecified atom stereocenters. The lowest BCUT2D eigenvalue weighted by Gasteiger charge is -2.37. The first-order valence-electron chi connectivity index (χ1n) is 4.32. The van der Waals surface area contributed by atoms with Crippen molar-refractivity contribution >= 4 is 5.97 Å². The lowest BCUT2D eigenvalue weighted by Crippen LogP contribution is -2.60. The molecule has 70 valence electrons. The second-order valence-electron chi connectivity index (χ2n) is 3.50. The Labute approximate surface area is 72.3 Å². The van der Waals surface area contributed by atoms with Crippen LogP contribution in [0.3, 0.4) is 0 Å². The fourth-order valence-corrected chi connectivity index (χ4v) is 1.49. The molecule has 1 atom stereocenters. The Balaban J connectivity index is 2.59. The Bertz CT molecular complexity index is 174. The number of nitrogens with two attached hydrogens (primary N) is 1. The highest BCUT2D eigenvalue weighted by Crippen LogP contribution is 2.16. The molecule has 0 amide bonds. The van der Waals surface area contributed by atoms with Gasteiger partial charge < -0.3 is 10.8 Å². The second kappa shape index (κ2) is 3.41. The van der Waals surface area contributed by atoms with Gasteiger partial charge >= 0.3 is 5.97 Å². The number of likely N-dealkylation sites (tertiary alicyclic amines) is 1. The van der Waals surface area contributed by atoms with Crippen LogP contribution >= 0.6 is 0 Å². The molecule has 0 aromatic carbocycles. The normalized spacial score (nSPS) is 24.8. The summed E-state index contributed by atoms with van der Waals surface area (Å²) in [4.78, 5) is 12.6. The van der Waals surface area contributed by atoms with Gasteiger partial charge in [0.05, 0.1) is 0 Å². The minimum atomic E-state index is -1.18. The molecule has 0 aliphatic carbocycles. The topological polar surface area (TPSA) is 66.6 Å². The number of carbonyl (C=O) groups is 1. The second-order valence-corrected chi connectivity index (χ2v) is 3.50. The average molecular weight is 172 g/mol. The van der Waals surface area contributed by atoms with Crippen molar-refractivity contribution in [2.75, 3.05) is 13.1 Å². The highest BCUT2D eigenvalue weighted by molar-refractivity contribution is 5.77. The molecule has 0 aromatic heterocycles. The number of carboxylic acid groups (broad SMARTS) is 1. The third kappa shape index (κ3) is 1.76. The van der Waals surface area contributed by atoms with E-state index in [4.69, 9.17) is 10.8 Å². The number of piperidine rings is 1. The van der Waals surface area contributed by atoms with Gasteiger partial charge in [0.25, 0.3) is 0 Å². The maximum atomic E-state index is 10.8. The van der Waals surface area contributed by atoms with Crippen molar-refractivity contribution in [3.05, 3.63) is 0 Å². The largest absolute Gasteiger partial charge is 0.479 e. The van der Waals surface area contributed by atoms with Crippen LogP contribution in [0.5, 0.6) is 0 Å². The lowest BCUT2D eigenvalue weighted by atomic mass is 10.1. The fraction of sp³-hybridized carbons (Fsp3) is 0.875. The first-order chi connectivity index (χ1) is 5.55. The first-order valence-corrected chi connectivity index (χ1v) is 4.32. The number of hydrogen-bond donors (Lipinski definition) is 2. The molecule has 1 aliphatic heterocycles. The zero-order valence-corrected chi connectivity index (χ0v) is 7.42. The highest BCUT2D eigenvalue weighted by Gasteiger charge is 2.35. The Morgan fingerprint density at radius 2 is 1.92 bits per heavy atom.